The maximum Gasteiger partial charge on any atom is 0.192 e. The zero-order chi connectivity index (χ0) is 13.7. The summed E-state index contributed by atoms with van der Waals surface area (Å²) in [5.74, 6) is 0.699. The van der Waals surface area contributed by atoms with E-state index in [0.717, 1.165) is 40.1 Å². The van der Waals surface area contributed by atoms with Gasteiger partial charge in [-0.15, -0.1) is 0 Å². The highest BCUT2D eigenvalue weighted by molar-refractivity contribution is 9.10. The Kier molecular flexibility index (Phi) is 2.70. The fourth-order valence-corrected chi connectivity index (χ4v) is 3.49. The Balaban J connectivity index is 1.90. The first-order valence-corrected chi connectivity index (χ1v) is 7.64. The van der Waals surface area contributed by atoms with E-state index in [1.54, 1.807) is 0 Å². The molecule has 4 nitrogen and oxygen atoms in total. The molecule has 0 atom stereocenters. The van der Waals surface area contributed by atoms with E-state index in [2.05, 4.69) is 37.6 Å². The predicted molar refractivity (Wildman–Crippen MR) is 80.6 cm³/mol. The van der Waals surface area contributed by atoms with Gasteiger partial charge in [0.1, 0.15) is 5.52 Å². The van der Waals surface area contributed by atoms with E-state index in [0.29, 0.717) is 5.89 Å². The van der Waals surface area contributed by atoms with E-state index in [1.165, 1.54) is 18.5 Å². The van der Waals surface area contributed by atoms with Crippen molar-refractivity contribution in [1.82, 2.24) is 14.5 Å². The lowest BCUT2D eigenvalue weighted by Gasteiger charge is -2.15. The van der Waals surface area contributed by atoms with Crippen molar-refractivity contribution in [2.75, 3.05) is 0 Å². The van der Waals surface area contributed by atoms with Gasteiger partial charge in [-0.05, 0) is 53.4 Å². The standard InChI is InChI=1S/C15H14BrN3O/c1-9-17-11-8-10(5-6-13(11)20-9)14-12-4-2-3-7-19(12)15(16)18-14/h5-6,8H,2-4,7H2,1H3. The number of imidazole rings is 1. The van der Waals surface area contributed by atoms with Crippen molar-refractivity contribution in [1.29, 1.82) is 0 Å². The van der Waals surface area contributed by atoms with Crippen molar-refractivity contribution >= 4 is 27.0 Å². The molecule has 0 saturated heterocycles. The fraction of sp³-hybridized carbons (Fsp3) is 0.333. The second-order valence-electron chi connectivity index (χ2n) is 5.20. The molecule has 0 fully saturated rings. The summed E-state index contributed by atoms with van der Waals surface area (Å²) in [6.45, 7) is 2.92. The Morgan fingerprint density at radius 2 is 2.15 bits per heavy atom. The molecule has 0 unspecified atom stereocenters. The number of benzene rings is 1. The Morgan fingerprint density at radius 1 is 1.25 bits per heavy atom. The number of oxazole rings is 1. The Morgan fingerprint density at radius 3 is 3.05 bits per heavy atom. The number of nitrogens with zero attached hydrogens (tertiary/aromatic N) is 3. The smallest absolute Gasteiger partial charge is 0.192 e. The SMILES string of the molecule is Cc1nc2cc(-c3nc(Br)n4c3CCCC4)ccc2o1. The van der Waals surface area contributed by atoms with Gasteiger partial charge < -0.3 is 8.98 Å². The summed E-state index contributed by atoms with van der Waals surface area (Å²) < 4.78 is 8.73. The predicted octanol–water partition coefficient (Wildman–Crippen LogP) is 4.10. The lowest BCUT2D eigenvalue weighted by Crippen LogP contribution is -2.10. The Bertz CT molecular complexity index is 803. The van der Waals surface area contributed by atoms with Crippen molar-refractivity contribution in [2.45, 2.75) is 32.7 Å². The Labute approximate surface area is 125 Å². The quantitative estimate of drug-likeness (QED) is 0.674. The van der Waals surface area contributed by atoms with Crippen LogP contribution < -0.4 is 0 Å². The van der Waals surface area contributed by atoms with Gasteiger partial charge in [-0.2, -0.15) is 0 Å². The molecule has 1 aliphatic heterocycles. The van der Waals surface area contributed by atoms with Crippen LogP contribution in [0.1, 0.15) is 24.4 Å². The summed E-state index contributed by atoms with van der Waals surface area (Å²) in [7, 11) is 0. The molecule has 0 saturated carbocycles. The minimum atomic E-state index is 0.699. The van der Waals surface area contributed by atoms with Crippen LogP contribution >= 0.6 is 15.9 Å². The van der Waals surface area contributed by atoms with Gasteiger partial charge >= 0.3 is 0 Å². The lowest BCUT2D eigenvalue weighted by atomic mass is 10.0. The summed E-state index contributed by atoms with van der Waals surface area (Å²) >= 11 is 3.57. The molecule has 4 rings (SSSR count). The van der Waals surface area contributed by atoms with Gasteiger partial charge in [0.25, 0.3) is 0 Å². The maximum atomic E-state index is 5.53. The fourth-order valence-electron chi connectivity index (χ4n) is 2.92. The first kappa shape index (κ1) is 12.1. The molecule has 0 amide bonds. The number of rotatable bonds is 1. The average Bonchev–Trinajstić information content (AvgIpc) is 2.98. The first-order chi connectivity index (χ1) is 9.72. The van der Waals surface area contributed by atoms with Gasteiger partial charge in [0.15, 0.2) is 16.2 Å². The van der Waals surface area contributed by atoms with Crippen molar-refractivity contribution in [3.8, 4) is 11.3 Å². The van der Waals surface area contributed by atoms with Crippen LogP contribution in [0.15, 0.2) is 27.3 Å². The number of hydrogen-bond donors (Lipinski definition) is 0. The highest BCUT2D eigenvalue weighted by Gasteiger charge is 2.20. The molecule has 0 spiro atoms. The van der Waals surface area contributed by atoms with Gasteiger partial charge in [0.2, 0.25) is 0 Å². The normalized spacial score (nSPS) is 14.7. The van der Waals surface area contributed by atoms with Crippen molar-refractivity contribution in [3.63, 3.8) is 0 Å². The highest BCUT2D eigenvalue weighted by atomic mass is 79.9. The molecule has 3 heterocycles. The molecule has 20 heavy (non-hydrogen) atoms. The lowest BCUT2D eigenvalue weighted by molar-refractivity contribution is 0.525. The molecule has 5 heteroatoms. The van der Waals surface area contributed by atoms with Crippen LogP contribution in [-0.4, -0.2) is 14.5 Å². The molecule has 2 aromatic heterocycles. The molecule has 0 radical (unpaired) electrons. The summed E-state index contributed by atoms with van der Waals surface area (Å²) in [5.41, 5.74) is 5.23. The van der Waals surface area contributed by atoms with E-state index >= 15 is 0 Å². The summed E-state index contributed by atoms with van der Waals surface area (Å²) in [4.78, 5) is 9.10. The first-order valence-electron chi connectivity index (χ1n) is 6.85. The van der Waals surface area contributed by atoms with Crippen LogP contribution in [0.3, 0.4) is 0 Å². The zero-order valence-electron chi connectivity index (χ0n) is 11.2. The summed E-state index contributed by atoms with van der Waals surface area (Å²) in [5, 5.41) is 0. The molecular weight excluding hydrogens is 318 g/mol. The minimum Gasteiger partial charge on any atom is -0.441 e. The molecule has 1 aromatic carbocycles. The van der Waals surface area contributed by atoms with E-state index < -0.39 is 0 Å². The summed E-state index contributed by atoms with van der Waals surface area (Å²) in [6, 6.07) is 6.11. The highest BCUT2D eigenvalue weighted by Crippen LogP contribution is 2.32. The number of halogens is 1. The third-order valence-corrected chi connectivity index (χ3v) is 4.44. The topological polar surface area (TPSA) is 43.9 Å². The number of fused-ring (bicyclic) bond motifs is 2. The molecule has 3 aromatic rings. The van der Waals surface area contributed by atoms with Crippen LogP contribution in [0.2, 0.25) is 0 Å². The van der Waals surface area contributed by atoms with Crippen molar-refractivity contribution in [2.24, 2.45) is 0 Å². The molecular formula is C15H14BrN3O. The van der Waals surface area contributed by atoms with Gasteiger partial charge in [-0.3, -0.25) is 0 Å². The molecule has 0 N–H and O–H groups in total. The third-order valence-electron chi connectivity index (χ3n) is 3.84. The average molecular weight is 332 g/mol. The largest absolute Gasteiger partial charge is 0.441 e. The van der Waals surface area contributed by atoms with Gasteiger partial charge in [0.05, 0.1) is 5.69 Å². The monoisotopic (exact) mass is 331 g/mol. The molecule has 102 valence electrons. The van der Waals surface area contributed by atoms with Crippen LogP contribution in [0.4, 0.5) is 0 Å². The number of aromatic nitrogens is 3. The maximum absolute atomic E-state index is 5.53. The van der Waals surface area contributed by atoms with Gasteiger partial charge in [-0.25, -0.2) is 9.97 Å². The van der Waals surface area contributed by atoms with Crippen molar-refractivity contribution < 1.29 is 4.42 Å². The van der Waals surface area contributed by atoms with Crippen LogP contribution in [0.5, 0.6) is 0 Å². The van der Waals surface area contributed by atoms with E-state index in [1.807, 2.05) is 13.0 Å². The minimum absolute atomic E-state index is 0.699. The number of hydrogen-bond acceptors (Lipinski definition) is 3. The second kappa shape index (κ2) is 4.45. The summed E-state index contributed by atoms with van der Waals surface area (Å²) in [6.07, 6.45) is 3.54. The zero-order valence-corrected chi connectivity index (χ0v) is 12.8. The van der Waals surface area contributed by atoms with E-state index in [4.69, 9.17) is 9.40 Å². The van der Waals surface area contributed by atoms with Crippen LogP contribution in [0.25, 0.3) is 22.4 Å². The second-order valence-corrected chi connectivity index (χ2v) is 5.91. The molecule has 0 bridgehead atoms. The van der Waals surface area contributed by atoms with E-state index in [9.17, 15) is 0 Å². The number of aryl methyl sites for hydroxylation is 1. The van der Waals surface area contributed by atoms with E-state index in [-0.39, 0.29) is 0 Å². The Hall–Kier alpha value is -1.62. The van der Waals surface area contributed by atoms with Gasteiger partial charge in [0, 0.05) is 24.7 Å². The van der Waals surface area contributed by atoms with Crippen molar-refractivity contribution in [3.05, 3.63) is 34.5 Å². The van der Waals surface area contributed by atoms with Gasteiger partial charge in [-0.1, -0.05) is 0 Å². The molecule has 1 aliphatic rings. The third kappa shape index (κ3) is 1.80. The molecule has 0 aliphatic carbocycles. The van der Waals surface area contributed by atoms with Crippen LogP contribution in [-0.2, 0) is 13.0 Å². The van der Waals surface area contributed by atoms with Crippen LogP contribution in [0, 0.1) is 6.92 Å².